The molecule has 0 spiro atoms. The number of aliphatic hydroxyl groups is 1. The van der Waals surface area contributed by atoms with Gasteiger partial charge in [0.25, 0.3) is 5.91 Å². The van der Waals surface area contributed by atoms with Gasteiger partial charge >= 0.3 is 5.97 Å². The van der Waals surface area contributed by atoms with Crippen LogP contribution in [0.1, 0.15) is 21.7 Å². The van der Waals surface area contributed by atoms with E-state index in [9.17, 15) is 28.6 Å². The molecule has 1 amide bonds. The van der Waals surface area contributed by atoms with Crippen LogP contribution >= 0.6 is 23.1 Å². The number of rotatable bonds is 2. The van der Waals surface area contributed by atoms with Crippen molar-refractivity contribution in [3.8, 4) is 10.4 Å². The van der Waals surface area contributed by atoms with E-state index in [0.717, 1.165) is 28.4 Å². The van der Waals surface area contributed by atoms with Crippen molar-refractivity contribution in [3.05, 3.63) is 40.3 Å². The van der Waals surface area contributed by atoms with E-state index in [1.165, 1.54) is 11.8 Å². The fraction of sp³-hybridized carbons (Fsp3) is 0.294. The molecular weight excluding hydrogens is 384 g/mol. The van der Waals surface area contributed by atoms with Crippen molar-refractivity contribution in [2.75, 3.05) is 6.54 Å². The normalized spacial score (nSPS) is 21.4. The number of benzene rings is 1. The van der Waals surface area contributed by atoms with Gasteiger partial charge in [-0.15, -0.1) is 23.1 Å². The Morgan fingerprint density at radius 1 is 1.23 bits per heavy atom. The summed E-state index contributed by atoms with van der Waals surface area (Å²) in [5, 5.41) is 19.1. The van der Waals surface area contributed by atoms with Gasteiger partial charge in [0.1, 0.15) is 11.6 Å². The first-order valence-corrected chi connectivity index (χ1v) is 9.64. The quantitative estimate of drug-likeness (QED) is 0.815. The fourth-order valence-corrected chi connectivity index (χ4v) is 5.75. The fourth-order valence-electron chi connectivity index (χ4n) is 3.33. The predicted molar refractivity (Wildman–Crippen MR) is 92.3 cm³/mol. The molecule has 5 nitrogen and oxygen atoms in total. The van der Waals surface area contributed by atoms with Gasteiger partial charge in [0, 0.05) is 22.7 Å². The Bertz CT molecular complexity index is 930. The number of carboxylic acids is 1. The van der Waals surface area contributed by atoms with Crippen molar-refractivity contribution in [2.24, 2.45) is 0 Å². The molecule has 0 saturated carbocycles. The molecule has 0 aliphatic carbocycles. The third kappa shape index (κ3) is 2.62. The minimum absolute atomic E-state index is 0.133. The number of aliphatic carboxylic acids is 1. The first-order valence-electron chi connectivity index (χ1n) is 7.84. The number of thiophene rings is 1. The van der Waals surface area contributed by atoms with Crippen LogP contribution in [0.5, 0.6) is 0 Å². The molecule has 1 aromatic heterocycles. The minimum Gasteiger partial charge on any atom is -0.480 e. The van der Waals surface area contributed by atoms with E-state index in [1.54, 1.807) is 6.07 Å². The number of carboxylic acid groups (broad SMARTS) is 1. The first-order chi connectivity index (χ1) is 12.4. The van der Waals surface area contributed by atoms with Crippen LogP contribution in [0.25, 0.3) is 10.4 Å². The molecule has 2 aliphatic rings. The lowest BCUT2D eigenvalue weighted by Gasteiger charge is -2.21. The van der Waals surface area contributed by atoms with Gasteiger partial charge < -0.3 is 15.1 Å². The third-order valence-electron chi connectivity index (χ3n) is 4.56. The largest absolute Gasteiger partial charge is 0.480 e. The smallest absolute Gasteiger partial charge is 0.329 e. The molecule has 1 saturated heterocycles. The summed E-state index contributed by atoms with van der Waals surface area (Å²) in [6.07, 6.45) is -0.930. The van der Waals surface area contributed by atoms with E-state index >= 15 is 0 Å². The van der Waals surface area contributed by atoms with Gasteiger partial charge in [-0.25, -0.2) is 13.6 Å². The predicted octanol–water partition coefficient (Wildman–Crippen LogP) is 2.96. The van der Waals surface area contributed by atoms with Crippen LogP contribution < -0.4 is 0 Å². The van der Waals surface area contributed by atoms with Crippen LogP contribution in [0.4, 0.5) is 8.78 Å². The molecule has 2 N–H and O–H groups in total. The zero-order chi connectivity index (χ0) is 18.6. The Hall–Kier alpha value is -1.97. The molecule has 0 bridgehead atoms. The summed E-state index contributed by atoms with van der Waals surface area (Å²) in [6, 6.07) is 2.45. The van der Waals surface area contributed by atoms with Crippen LogP contribution in [0, 0.1) is 11.6 Å². The van der Waals surface area contributed by atoms with Crippen LogP contribution in [0.2, 0.25) is 0 Å². The number of likely N-dealkylation sites (tertiary alicyclic amines) is 1. The molecular formula is C17H13F2NO4S2. The highest BCUT2D eigenvalue weighted by atomic mass is 32.2. The molecule has 3 heterocycles. The minimum atomic E-state index is -1.29. The van der Waals surface area contributed by atoms with Gasteiger partial charge in [-0.2, -0.15) is 0 Å². The number of amides is 1. The summed E-state index contributed by atoms with van der Waals surface area (Å²) >= 11 is 2.19. The molecule has 9 heteroatoms. The Morgan fingerprint density at radius 2 is 1.96 bits per heavy atom. The number of fused-ring (bicyclic) bond motifs is 3. The number of carbonyl (C=O) groups is 2. The van der Waals surface area contributed by atoms with Crippen molar-refractivity contribution < 1.29 is 28.6 Å². The lowest BCUT2D eigenvalue weighted by atomic mass is 10.1. The van der Waals surface area contributed by atoms with E-state index in [1.807, 2.05) is 0 Å². The van der Waals surface area contributed by atoms with Crippen molar-refractivity contribution in [1.82, 2.24) is 4.90 Å². The highest BCUT2D eigenvalue weighted by molar-refractivity contribution is 7.98. The van der Waals surface area contributed by atoms with Gasteiger partial charge in [0.15, 0.2) is 6.04 Å². The number of hydrogen-bond donors (Lipinski definition) is 2. The number of thioether (sulfide) groups is 1. The monoisotopic (exact) mass is 397 g/mol. The number of carbonyl (C=O) groups excluding carboxylic acids is 1. The van der Waals surface area contributed by atoms with Crippen molar-refractivity contribution in [3.63, 3.8) is 0 Å². The molecule has 4 rings (SSSR count). The van der Waals surface area contributed by atoms with Crippen LogP contribution in [-0.2, 0) is 10.5 Å². The van der Waals surface area contributed by atoms with E-state index in [4.69, 9.17) is 0 Å². The van der Waals surface area contributed by atoms with Gasteiger partial charge in [-0.1, -0.05) is 0 Å². The number of aliphatic hydroxyl groups excluding tert-OH is 1. The first kappa shape index (κ1) is 17.4. The van der Waals surface area contributed by atoms with Crippen molar-refractivity contribution >= 4 is 35.0 Å². The van der Waals surface area contributed by atoms with Crippen LogP contribution in [0.3, 0.4) is 0 Å². The summed E-state index contributed by atoms with van der Waals surface area (Å²) in [6.45, 7) is 0.133. The van der Waals surface area contributed by atoms with E-state index in [-0.39, 0.29) is 28.3 Å². The Kier molecular flexibility index (Phi) is 4.25. The van der Waals surface area contributed by atoms with E-state index < -0.39 is 35.7 Å². The van der Waals surface area contributed by atoms with Gasteiger partial charge in [-0.05, 0) is 30.2 Å². The molecule has 0 radical (unpaired) electrons. The molecule has 1 aromatic carbocycles. The maximum atomic E-state index is 14.3. The second-order valence-corrected chi connectivity index (χ2v) is 8.16. The molecule has 26 heavy (non-hydrogen) atoms. The van der Waals surface area contributed by atoms with Gasteiger partial charge in [-0.3, -0.25) is 4.79 Å². The summed E-state index contributed by atoms with van der Waals surface area (Å²) in [4.78, 5) is 26.2. The maximum Gasteiger partial charge on any atom is 0.329 e. The summed E-state index contributed by atoms with van der Waals surface area (Å²) in [7, 11) is 0. The SMILES string of the molecule is O=C(O)C1C(O)CCN1C(=O)c1cc2c(s1)-c1c(F)ccc(F)c1SC2. The van der Waals surface area contributed by atoms with E-state index in [0.29, 0.717) is 16.2 Å². The summed E-state index contributed by atoms with van der Waals surface area (Å²) < 4.78 is 28.3. The van der Waals surface area contributed by atoms with Crippen LogP contribution in [-0.4, -0.2) is 45.7 Å². The van der Waals surface area contributed by atoms with Gasteiger partial charge in [0.2, 0.25) is 0 Å². The highest BCUT2D eigenvalue weighted by Crippen LogP contribution is 2.48. The second-order valence-electron chi connectivity index (χ2n) is 6.12. The summed E-state index contributed by atoms with van der Waals surface area (Å²) in [5.41, 5.74) is 0.864. The topological polar surface area (TPSA) is 77.8 Å². The number of nitrogens with zero attached hydrogens (tertiary/aromatic N) is 1. The standard InChI is InChI=1S/C17H13F2NO4S2/c18-8-1-2-9(19)15-12(8)14-7(6-25-15)5-11(26-14)16(22)20-4-3-10(21)13(20)17(23)24/h1-2,5,10,13,21H,3-4,6H2,(H,23,24). The summed E-state index contributed by atoms with van der Waals surface area (Å²) in [5.74, 6) is -2.45. The zero-order valence-corrected chi connectivity index (χ0v) is 14.9. The average molecular weight is 397 g/mol. The molecule has 1 fully saturated rings. The molecule has 2 aliphatic heterocycles. The zero-order valence-electron chi connectivity index (χ0n) is 13.2. The lowest BCUT2D eigenvalue weighted by molar-refractivity contribution is -0.144. The average Bonchev–Trinajstić information content (AvgIpc) is 3.20. The Balaban J connectivity index is 1.73. The number of hydrogen-bond acceptors (Lipinski definition) is 5. The van der Waals surface area contributed by atoms with Crippen LogP contribution in [0.15, 0.2) is 23.1 Å². The van der Waals surface area contributed by atoms with E-state index in [2.05, 4.69) is 0 Å². The lowest BCUT2D eigenvalue weighted by Crippen LogP contribution is -2.44. The molecule has 2 aromatic rings. The van der Waals surface area contributed by atoms with Crippen molar-refractivity contribution in [2.45, 2.75) is 29.2 Å². The number of halogens is 2. The van der Waals surface area contributed by atoms with Crippen molar-refractivity contribution in [1.29, 1.82) is 0 Å². The van der Waals surface area contributed by atoms with Gasteiger partial charge in [0.05, 0.1) is 15.9 Å². The highest BCUT2D eigenvalue weighted by Gasteiger charge is 2.42. The second kappa shape index (κ2) is 6.33. The Morgan fingerprint density at radius 3 is 2.69 bits per heavy atom. The maximum absolute atomic E-state index is 14.3. The molecule has 2 atom stereocenters. The molecule has 2 unspecified atom stereocenters. The Labute approximate surface area is 155 Å². The third-order valence-corrected chi connectivity index (χ3v) is 6.88. The molecule has 136 valence electrons.